The Balaban J connectivity index is 1.49. The first-order valence-corrected chi connectivity index (χ1v) is 11.5. The molecule has 0 aliphatic carbocycles. The minimum absolute atomic E-state index is 0.175. The lowest BCUT2D eigenvalue weighted by Crippen LogP contribution is -2.40. The van der Waals surface area contributed by atoms with Crippen LogP contribution in [-0.4, -0.2) is 61.6 Å². The monoisotopic (exact) mass is 427 g/mol. The van der Waals surface area contributed by atoms with Crippen molar-refractivity contribution in [1.29, 1.82) is 0 Å². The molecule has 1 aromatic heterocycles. The highest BCUT2D eigenvalue weighted by Crippen LogP contribution is 2.25. The van der Waals surface area contributed by atoms with Crippen LogP contribution in [0.5, 0.6) is 5.75 Å². The fourth-order valence-electron chi connectivity index (χ4n) is 2.50. The van der Waals surface area contributed by atoms with E-state index in [2.05, 4.69) is 10.2 Å². The van der Waals surface area contributed by atoms with Crippen molar-refractivity contribution in [3.63, 3.8) is 0 Å². The number of hydrogen-bond acceptors (Lipinski definition) is 8. The molecule has 8 nitrogen and oxygen atoms in total. The largest absolute Gasteiger partial charge is 0.493 e. The zero-order valence-electron chi connectivity index (χ0n) is 16.3. The molecule has 0 bridgehead atoms. The number of ether oxygens (including phenoxy) is 2. The minimum atomic E-state index is -3.48. The van der Waals surface area contributed by atoms with E-state index in [-0.39, 0.29) is 10.3 Å². The van der Waals surface area contributed by atoms with Crippen LogP contribution in [0.25, 0.3) is 0 Å². The van der Waals surface area contributed by atoms with Crippen molar-refractivity contribution in [1.82, 2.24) is 14.5 Å². The van der Waals surface area contributed by atoms with Gasteiger partial charge in [-0.05, 0) is 24.3 Å². The molecular weight excluding hydrogens is 402 g/mol. The van der Waals surface area contributed by atoms with Gasteiger partial charge in [-0.25, -0.2) is 8.42 Å². The second-order valence-electron chi connectivity index (χ2n) is 7.31. The molecule has 0 unspecified atom stereocenters. The maximum atomic E-state index is 12.6. The van der Waals surface area contributed by atoms with Gasteiger partial charge in [-0.1, -0.05) is 32.5 Å². The summed E-state index contributed by atoms with van der Waals surface area (Å²) in [6.45, 7) is 8.09. The predicted octanol–water partition coefficient (Wildman–Crippen LogP) is 2.56. The van der Waals surface area contributed by atoms with Crippen molar-refractivity contribution in [2.45, 2.75) is 36.3 Å². The van der Waals surface area contributed by atoms with Crippen molar-refractivity contribution in [3.05, 3.63) is 30.2 Å². The van der Waals surface area contributed by atoms with Crippen molar-refractivity contribution in [2.75, 3.05) is 38.7 Å². The molecule has 0 saturated carbocycles. The summed E-state index contributed by atoms with van der Waals surface area (Å²) >= 11 is 1.42. The number of nitrogens with zero attached hydrogens (tertiary/aromatic N) is 3. The maximum Gasteiger partial charge on any atom is 0.276 e. The summed E-state index contributed by atoms with van der Waals surface area (Å²) in [4.78, 5) is 0.261. The van der Waals surface area contributed by atoms with Crippen LogP contribution in [0.4, 0.5) is 0 Å². The second kappa shape index (κ2) is 8.81. The van der Waals surface area contributed by atoms with Gasteiger partial charge < -0.3 is 13.9 Å². The number of rotatable bonds is 7. The SMILES string of the molecule is CC(C)(C)c1nnc(SCCOc2ccc(S(=O)(=O)N3CCOCC3)cc2)o1. The lowest BCUT2D eigenvalue weighted by molar-refractivity contribution is 0.0730. The summed E-state index contributed by atoms with van der Waals surface area (Å²) in [7, 11) is -3.48. The van der Waals surface area contributed by atoms with Gasteiger partial charge in [0, 0.05) is 24.3 Å². The van der Waals surface area contributed by atoms with Crippen LogP contribution in [0.2, 0.25) is 0 Å². The smallest absolute Gasteiger partial charge is 0.276 e. The summed E-state index contributed by atoms with van der Waals surface area (Å²) in [5.41, 5.74) is -0.175. The fourth-order valence-corrected chi connectivity index (χ4v) is 4.49. The fraction of sp³-hybridized carbons (Fsp3) is 0.556. The van der Waals surface area contributed by atoms with Crippen molar-refractivity contribution >= 4 is 21.8 Å². The molecule has 0 spiro atoms. The van der Waals surface area contributed by atoms with E-state index >= 15 is 0 Å². The number of hydrogen-bond donors (Lipinski definition) is 0. The van der Waals surface area contributed by atoms with Crippen LogP contribution in [0.1, 0.15) is 26.7 Å². The van der Waals surface area contributed by atoms with Crippen molar-refractivity contribution in [2.24, 2.45) is 0 Å². The number of sulfonamides is 1. The highest BCUT2D eigenvalue weighted by atomic mass is 32.2. The highest BCUT2D eigenvalue weighted by Gasteiger charge is 2.26. The molecule has 1 fully saturated rings. The third-order valence-corrected chi connectivity index (χ3v) is 6.75. The van der Waals surface area contributed by atoms with Crippen molar-refractivity contribution < 1.29 is 22.3 Å². The summed E-state index contributed by atoms with van der Waals surface area (Å²) in [6.07, 6.45) is 0. The number of thioether (sulfide) groups is 1. The lowest BCUT2D eigenvalue weighted by atomic mass is 9.97. The van der Waals surface area contributed by atoms with Gasteiger partial charge in [0.25, 0.3) is 5.22 Å². The molecule has 28 heavy (non-hydrogen) atoms. The molecule has 1 saturated heterocycles. The third kappa shape index (κ3) is 5.25. The van der Waals surface area contributed by atoms with Crippen LogP contribution in [0.3, 0.4) is 0 Å². The average molecular weight is 428 g/mol. The summed E-state index contributed by atoms with van der Waals surface area (Å²) in [6, 6.07) is 6.48. The third-order valence-electron chi connectivity index (χ3n) is 4.06. The van der Waals surface area contributed by atoms with Gasteiger partial charge in [0.2, 0.25) is 15.9 Å². The van der Waals surface area contributed by atoms with E-state index in [1.807, 2.05) is 20.8 Å². The Morgan fingerprint density at radius 3 is 2.43 bits per heavy atom. The molecule has 0 radical (unpaired) electrons. The second-order valence-corrected chi connectivity index (χ2v) is 10.3. The summed E-state index contributed by atoms with van der Waals surface area (Å²) < 4.78 is 43.1. The van der Waals surface area contributed by atoms with E-state index in [0.29, 0.717) is 55.5 Å². The minimum Gasteiger partial charge on any atom is -0.493 e. The first-order chi connectivity index (χ1) is 13.3. The van der Waals surface area contributed by atoms with E-state index < -0.39 is 10.0 Å². The molecule has 0 atom stereocenters. The first kappa shape index (κ1) is 21.1. The molecule has 10 heteroatoms. The Bertz CT molecular complexity index is 869. The molecule has 3 rings (SSSR count). The lowest BCUT2D eigenvalue weighted by Gasteiger charge is -2.26. The molecule has 1 aliphatic heterocycles. The Hall–Kier alpha value is -1.62. The standard InChI is InChI=1S/C18H25N3O5S2/c1-18(2,3)16-19-20-17(26-16)27-13-12-25-14-4-6-15(7-5-14)28(22,23)21-8-10-24-11-9-21/h4-7H,8-13H2,1-3H3. The highest BCUT2D eigenvalue weighted by molar-refractivity contribution is 7.99. The predicted molar refractivity (Wildman–Crippen MR) is 105 cm³/mol. The van der Waals surface area contributed by atoms with E-state index in [4.69, 9.17) is 13.9 Å². The molecular formula is C18H25N3O5S2. The average Bonchev–Trinajstić information content (AvgIpc) is 3.16. The van der Waals surface area contributed by atoms with Crippen LogP contribution >= 0.6 is 11.8 Å². The Labute approximate surface area is 169 Å². The van der Waals surface area contributed by atoms with Gasteiger partial charge >= 0.3 is 0 Å². The quantitative estimate of drug-likeness (QED) is 0.491. The van der Waals surface area contributed by atoms with E-state index in [0.717, 1.165) is 0 Å². The summed E-state index contributed by atoms with van der Waals surface area (Å²) in [5.74, 6) is 1.86. The van der Waals surface area contributed by atoms with Crippen LogP contribution in [0, 0.1) is 0 Å². The molecule has 0 amide bonds. The number of benzene rings is 1. The zero-order valence-corrected chi connectivity index (χ0v) is 17.9. The van der Waals surface area contributed by atoms with E-state index in [9.17, 15) is 8.42 Å². The molecule has 0 N–H and O–H groups in total. The number of aromatic nitrogens is 2. The Kier molecular flexibility index (Phi) is 6.64. The topological polar surface area (TPSA) is 94.8 Å². The maximum absolute atomic E-state index is 12.6. The van der Waals surface area contributed by atoms with E-state index in [1.165, 1.54) is 16.1 Å². The van der Waals surface area contributed by atoms with Gasteiger partial charge in [-0.15, -0.1) is 10.2 Å². The first-order valence-electron chi connectivity index (χ1n) is 9.04. The Morgan fingerprint density at radius 1 is 1.14 bits per heavy atom. The molecule has 2 aromatic rings. The molecule has 1 aromatic carbocycles. The molecule has 2 heterocycles. The van der Waals surface area contributed by atoms with Gasteiger partial charge in [0.1, 0.15) is 5.75 Å². The van der Waals surface area contributed by atoms with Gasteiger partial charge in [0.05, 0.1) is 24.7 Å². The number of morpholine rings is 1. The van der Waals surface area contributed by atoms with E-state index in [1.54, 1.807) is 24.3 Å². The van der Waals surface area contributed by atoms with Gasteiger partial charge in [0.15, 0.2) is 0 Å². The zero-order chi connectivity index (χ0) is 20.2. The molecule has 1 aliphatic rings. The Morgan fingerprint density at radius 2 is 1.82 bits per heavy atom. The van der Waals surface area contributed by atoms with Crippen molar-refractivity contribution in [3.8, 4) is 5.75 Å². The van der Waals surface area contributed by atoms with Crippen LogP contribution < -0.4 is 4.74 Å². The van der Waals surface area contributed by atoms with Crippen LogP contribution in [0.15, 0.2) is 38.8 Å². The molecule has 154 valence electrons. The summed E-state index contributed by atoms with van der Waals surface area (Å²) in [5, 5.41) is 8.58. The normalized spacial score (nSPS) is 16.2. The van der Waals surface area contributed by atoms with Crippen LogP contribution in [-0.2, 0) is 20.2 Å². The van der Waals surface area contributed by atoms with Gasteiger partial charge in [-0.3, -0.25) is 0 Å². The van der Waals surface area contributed by atoms with Gasteiger partial charge in [-0.2, -0.15) is 4.31 Å².